The highest BCUT2D eigenvalue weighted by atomic mass is 32.2. The normalized spacial score (nSPS) is 16.6. The molecule has 2 N–H and O–H groups in total. The lowest BCUT2D eigenvalue weighted by Gasteiger charge is -2.23. The lowest BCUT2D eigenvalue weighted by atomic mass is 9.91. The highest BCUT2D eigenvalue weighted by molar-refractivity contribution is 7.91. The van der Waals surface area contributed by atoms with Crippen LogP contribution in [0.1, 0.15) is 28.3 Å². The van der Waals surface area contributed by atoms with Gasteiger partial charge in [0, 0.05) is 22.6 Å². The van der Waals surface area contributed by atoms with Crippen LogP contribution in [0, 0.1) is 6.92 Å². The molecule has 1 amide bonds. The van der Waals surface area contributed by atoms with Crippen LogP contribution in [0.15, 0.2) is 63.7 Å². The molecule has 5 nitrogen and oxygen atoms in total. The standard InChI is InChI=1S/C20H17NO4S2/c1-12-2-8-15(9-3-12)27(24,25)17-11-26-20-16(10-18(23)21-19(17)20)13-4-6-14(22)7-5-13/h2-9,11,16,22H,10H2,1H3,(H,21,23). The van der Waals surface area contributed by atoms with Crippen molar-refractivity contribution in [2.75, 3.05) is 5.32 Å². The Hall–Kier alpha value is -2.64. The third-order valence-corrected chi connectivity index (χ3v) is 7.71. The van der Waals surface area contributed by atoms with Crippen LogP contribution in [-0.2, 0) is 14.6 Å². The molecule has 0 spiro atoms. The number of anilines is 1. The van der Waals surface area contributed by atoms with Crippen LogP contribution in [0.25, 0.3) is 0 Å². The fourth-order valence-electron chi connectivity index (χ4n) is 3.22. The van der Waals surface area contributed by atoms with Crippen LogP contribution in [-0.4, -0.2) is 19.4 Å². The molecule has 1 aromatic heterocycles. The molecule has 138 valence electrons. The Balaban J connectivity index is 1.82. The number of benzene rings is 2. The van der Waals surface area contributed by atoms with Crippen molar-refractivity contribution in [3.8, 4) is 5.75 Å². The van der Waals surface area contributed by atoms with E-state index in [2.05, 4.69) is 5.32 Å². The summed E-state index contributed by atoms with van der Waals surface area (Å²) in [6.07, 6.45) is 0.238. The molecular weight excluding hydrogens is 382 g/mol. The molecule has 0 saturated carbocycles. The van der Waals surface area contributed by atoms with E-state index in [-0.39, 0.29) is 33.8 Å². The molecule has 2 heterocycles. The number of rotatable bonds is 3. The monoisotopic (exact) mass is 399 g/mol. The van der Waals surface area contributed by atoms with Gasteiger partial charge in [-0.25, -0.2) is 8.42 Å². The highest BCUT2D eigenvalue weighted by Crippen LogP contribution is 2.45. The molecule has 3 aromatic rings. The molecule has 0 radical (unpaired) electrons. The molecule has 1 unspecified atom stereocenters. The summed E-state index contributed by atoms with van der Waals surface area (Å²) in [5, 5.41) is 13.8. The quantitative estimate of drug-likeness (QED) is 0.695. The molecule has 1 aliphatic rings. The van der Waals surface area contributed by atoms with Crippen molar-refractivity contribution in [3.05, 3.63) is 69.9 Å². The number of carbonyl (C=O) groups excluding carboxylic acids is 1. The maximum atomic E-state index is 13.1. The van der Waals surface area contributed by atoms with Crippen molar-refractivity contribution >= 4 is 32.8 Å². The number of amides is 1. The summed E-state index contributed by atoms with van der Waals surface area (Å²) in [4.78, 5) is 13.4. The Labute approximate surface area is 161 Å². The first kappa shape index (κ1) is 17.8. The third kappa shape index (κ3) is 3.13. The Kier molecular flexibility index (Phi) is 4.28. The summed E-state index contributed by atoms with van der Waals surface area (Å²) < 4.78 is 26.2. The SMILES string of the molecule is Cc1ccc(S(=O)(=O)c2csc3c2NC(=O)CC3c2ccc(O)cc2)cc1. The fourth-order valence-corrected chi connectivity index (χ4v) is 6.13. The van der Waals surface area contributed by atoms with Gasteiger partial charge in [0.1, 0.15) is 10.6 Å². The molecule has 0 bridgehead atoms. The number of carbonyl (C=O) groups is 1. The van der Waals surface area contributed by atoms with E-state index in [1.165, 1.54) is 11.3 Å². The number of aryl methyl sites for hydroxylation is 1. The van der Waals surface area contributed by atoms with E-state index in [0.29, 0.717) is 5.69 Å². The summed E-state index contributed by atoms with van der Waals surface area (Å²) in [7, 11) is -3.73. The van der Waals surface area contributed by atoms with Gasteiger partial charge in [-0.05, 0) is 36.8 Å². The maximum Gasteiger partial charge on any atom is 0.225 e. The topological polar surface area (TPSA) is 83.5 Å². The maximum absolute atomic E-state index is 13.1. The van der Waals surface area contributed by atoms with E-state index >= 15 is 0 Å². The number of nitrogens with one attached hydrogen (secondary N) is 1. The first-order chi connectivity index (χ1) is 12.9. The summed E-state index contributed by atoms with van der Waals surface area (Å²) >= 11 is 1.33. The van der Waals surface area contributed by atoms with E-state index in [1.54, 1.807) is 53.9 Å². The average molecular weight is 399 g/mol. The van der Waals surface area contributed by atoms with Gasteiger partial charge in [-0.2, -0.15) is 0 Å². The van der Waals surface area contributed by atoms with Gasteiger partial charge in [-0.3, -0.25) is 4.79 Å². The van der Waals surface area contributed by atoms with Gasteiger partial charge >= 0.3 is 0 Å². The fraction of sp³-hybridized carbons (Fsp3) is 0.150. The van der Waals surface area contributed by atoms with Gasteiger partial charge in [-0.1, -0.05) is 29.8 Å². The molecule has 1 aliphatic heterocycles. The van der Waals surface area contributed by atoms with Crippen molar-refractivity contribution in [3.63, 3.8) is 0 Å². The highest BCUT2D eigenvalue weighted by Gasteiger charge is 2.34. The molecule has 4 rings (SSSR count). The van der Waals surface area contributed by atoms with Crippen LogP contribution in [0.3, 0.4) is 0 Å². The Morgan fingerprint density at radius 2 is 1.74 bits per heavy atom. The van der Waals surface area contributed by atoms with Crippen molar-refractivity contribution in [1.82, 2.24) is 0 Å². The summed E-state index contributed by atoms with van der Waals surface area (Å²) in [6.45, 7) is 1.89. The van der Waals surface area contributed by atoms with Gasteiger partial charge < -0.3 is 10.4 Å². The van der Waals surface area contributed by atoms with Crippen LogP contribution < -0.4 is 5.32 Å². The molecule has 2 aromatic carbocycles. The summed E-state index contributed by atoms with van der Waals surface area (Å²) in [5.41, 5.74) is 2.21. The van der Waals surface area contributed by atoms with Gasteiger partial charge in [-0.15, -0.1) is 11.3 Å². The predicted octanol–water partition coefficient (Wildman–Crippen LogP) is 4.07. The summed E-state index contributed by atoms with van der Waals surface area (Å²) in [6, 6.07) is 13.3. The van der Waals surface area contributed by atoms with Gasteiger partial charge in [0.15, 0.2) is 0 Å². The zero-order valence-corrected chi connectivity index (χ0v) is 16.1. The zero-order valence-electron chi connectivity index (χ0n) is 14.5. The number of fused-ring (bicyclic) bond motifs is 1. The van der Waals surface area contributed by atoms with Crippen molar-refractivity contribution in [2.24, 2.45) is 0 Å². The second-order valence-corrected chi connectivity index (χ2v) is 9.38. The first-order valence-electron chi connectivity index (χ1n) is 8.38. The Morgan fingerprint density at radius 1 is 1.07 bits per heavy atom. The largest absolute Gasteiger partial charge is 0.508 e. The van der Waals surface area contributed by atoms with Crippen LogP contribution in [0.2, 0.25) is 0 Å². The van der Waals surface area contributed by atoms with Gasteiger partial charge in [0.2, 0.25) is 15.7 Å². The number of phenolic OH excluding ortho intramolecular Hbond substituents is 1. The zero-order chi connectivity index (χ0) is 19.2. The lowest BCUT2D eigenvalue weighted by molar-refractivity contribution is -0.116. The van der Waals surface area contributed by atoms with Crippen molar-refractivity contribution in [2.45, 2.75) is 29.1 Å². The van der Waals surface area contributed by atoms with Gasteiger partial charge in [0.25, 0.3) is 0 Å². The number of hydrogen-bond acceptors (Lipinski definition) is 5. The molecule has 0 saturated heterocycles. The van der Waals surface area contributed by atoms with Gasteiger partial charge in [0.05, 0.1) is 10.6 Å². The minimum absolute atomic E-state index is 0.128. The second kappa shape index (κ2) is 6.51. The molecule has 0 fully saturated rings. The first-order valence-corrected chi connectivity index (χ1v) is 10.7. The number of aromatic hydroxyl groups is 1. The van der Waals surface area contributed by atoms with Crippen molar-refractivity contribution < 1.29 is 18.3 Å². The molecular formula is C20H17NO4S2. The minimum atomic E-state index is -3.73. The van der Waals surface area contributed by atoms with E-state index in [9.17, 15) is 18.3 Å². The van der Waals surface area contributed by atoms with Crippen LogP contribution in [0.5, 0.6) is 5.75 Å². The van der Waals surface area contributed by atoms with E-state index in [4.69, 9.17) is 0 Å². The van der Waals surface area contributed by atoms with E-state index in [0.717, 1.165) is 16.0 Å². The Morgan fingerprint density at radius 3 is 2.41 bits per heavy atom. The molecule has 0 aliphatic carbocycles. The smallest absolute Gasteiger partial charge is 0.225 e. The van der Waals surface area contributed by atoms with E-state index < -0.39 is 9.84 Å². The predicted molar refractivity (Wildman–Crippen MR) is 104 cm³/mol. The average Bonchev–Trinajstić information content (AvgIpc) is 3.06. The molecule has 27 heavy (non-hydrogen) atoms. The Bertz CT molecular complexity index is 1110. The minimum Gasteiger partial charge on any atom is -0.508 e. The number of thiophene rings is 1. The number of hydrogen-bond donors (Lipinski definition) is 2. The number of phenols is 1. The molecule has 7 heteroatoms. The number of sulfone groups is 1. The second-order valence-electron chi connectivity index (χ2n) is 6.55. The third-order valence-electron chi connectivity index (χ3n) is 4.67. The summed E-state index contributed by atoms with van der Waals surface area (Å²) in [5.74, 6) is -0.311. The lowest BCUT2D eigenvalue weighted by Crippen LogP contribution is -2.23. The van der Waals surface area contributed by atoms with E-state index in [1.807, 2.05) is 6.92 Å². The van der Waals surface area contributed by atoms with Crippen LogP contribution in [0.4, 0.5) is 5.69 Å². The van der Waals surface area contributed by atoms with Crippen molar-refractivity contribution in [1.29, 1.82) is 0 Å². The molecule has 1 atom stereocenters. The van der Waals surface area contributed by atoms with Crippen LogP contribution >= 0.6 is 11.3 Å².